The molecule has 140 heavy (non-hydrogen) atoms. The summed E-state index contributed by atoms with van der Waals surface area (Å²) in [6, 6.07) is 122. The molecule has 10 aromatic carbocycles. The maximum Gasteiger partial charge on any atom is 0.124 e. The van der Waals surface area contributed by atoms with Gasteiger partial charge in [-0.2, -0.15) is 0 Å². The number of benzene rings is 10. The van der Waals surface area contributed by atoms with Crippen LogP contribution in [0.3, 0.4) is 0 Å². The Morgan fingerprint density at radius 2 is 0.614 bits per heavy atom. The number of phenols is 4. The standard InChI is InChI=1S/C36H35N2O.C32H27N2O.C28H27N2OSi.C25H20N2O2P.4Ni/c1-35(2,3)28-21-25(22-29(23-28)36(4,5)6)24-18-26(31-13-9-10-17-37-31)20-27(19-24)32-14-11-15-33(38-32)30-12-7-8-16-34(30)39;1-32(2,3)26-16-14-22(15-17-26)23-19-24(28-10-6-7-18-33-28)21-25(20-23)29-11-8-12-30(34-29)27-9-4-5-13-31(27)35;1-3-17-32(18-4-2)26-14-12-20(23-10-7-8-16-29-23)19-22(26)28-27(32)15-13-24(30-28)21-9-5-6-11-25(21)31;1-2-15-30(29)23-12-10-17(20-8-5-6-14-26-20)16-19(23)25-24(30)13-11-21(27-25)18-7-3-4-9-22(18)28;;;;/h7-19,21-23,39H,1-6H3;4-20,35H,1-3H3;5-16,31H,3-4,17-18H2,1-2H3;3-14,28H,2,15H2,1H3;;;;/q4*-1;;;;. The van der Waals surface area contributed by atoms with E-state index < -0.39 is 15.2 Å². The SMILES string of the molecule is CC(C)(C)c1cc(-c2cc(-c3ccccn3)[c-]c(-c3cccc(-c4ccccc4O)n3)c2)cc(C(C)(C)C)c1.CC(C)(C)c1ccc(-c2cc(-c3ccccn3)[c-]c(-c3cccc(-c4ccccc4O)n3)c2)cc1.CCCP1(=O)c2ccc(-c3ccccn3)[c-]c2-c2nc(-c3ccccc3O)ccc21.CCC[Si]1(CCC)c2ccc(-c3ccccn3)[c-]c2-c2nc(-c3ccccc3O)ccc21.[Ni].[Ni].[Ni].[Ni]. The maximum absolute atomic E-state index is 14.1. The normalized spacial score (nSPS) is 12.9. The first-order valence-corrected chi connectivity index (χ1v) is 50.9. The van der Waals surface area contributed by atoms with E-state index >= 15 is 0 Å². The molecule has 0 saturated heterocycles. The van der Waals surface area contributed by atoms with Crippen molar-refractivity contribution in [1.82, 2.24) is 39.9 Å². The molecule has 20 rings (SSSR count). The summed E-state index contributed by atoms with van der Waals surface area (Å²) in [6.45, 7) is 26.9. The molecule has 716 valence electrons. The van der Waals surface area contributed by atoms with E-state index in [4.69, 9.17) is 19.9 Å². The second-order valence-electron chi connectivity index (χ2n) is 37.8. The monoisotopic (exact) mass is 2040 g/mol. The molecule has 10 heterocycles. The van der Waals surface area contributed by atoms with E-state index in [9.17, 15) is 25.0 Å². The first-order chi connectivity index (χ1) is 65.7. The van der Waals surface area contributed by atoms with E-state index in [-0.39, 0.29) is 105 Å². The molecule has 13 nitrogen and oxygen atoms in total. The molecule has 4 N–H and O–H groups in total. The third-order valence-electron chi connectivity index (χ3n) is 25.2. The molecule has 18 aromatic rings. The molecule has 1 unspecified atom stereocenters. The molecule has 1 atom stereocenters. The van der Waals surface area contributed by atoms with Gasteiger partial charge in [-0.3, -0.25) is 39.9 Å². The van der Waals surface area contributed by atoms with E-state index in [0.717, 1.165) is 148 Å². The summed E-state index contributed by atoms with van der Waals surface area (Å²) < 4.78 is 14.1. The van der Waals surface area contributed by atoms with Crippen molar-refractivity contribution in [2.24, 2.45) is 0 Å². The smallest absolute Gasteiger partial charge is 0.124 e. The zero-order chi connectivity index (χ0) is 95.0. The third-order valence-corrected chi connectivity index (χ3v) is 34.1. The Labute approximate surface area is 864 Å². The number of aromatic hydroxyl groups is 4. The molecule has 0 fully saturated rings. The molecule has 0 aliphatic carbocycles. The number of para-hydroxylation sites is 4. The van der Waals surface area contributed by atoms with Crippen LogP contribution >= 0.6 is 7.14 Å². The number of phenolic OH excluding ortho intramolecular Hbond substituents is 4. The molecule has 0 spiro atoms. The fraction of sp³-hybridized carbons (Fsp3) is 0.174. The summed E-state index contributed by atoms with van der Waals surface area (Å²) in [4.78, 5) is 38.0. The molecule has 2 aliphatic rings. The Kier molecular flexibility index (Phi) is 33.6. The zero-order valence-corrected chi connectivity index (χ0v) is 86.0. The van der Waals surface area contributed by atoms with Crippen molar-refractivity contribution in [3.8, 4) is 180 Å². The van der Waals surface area contributed by atoms with Crippen LogP contribution in [0.4, 0.5) is 0 Å². The summed E-state index contributed by atoms with van der Waals surface area (Å²) in [5, 5.41) is 46.0. The van der Waals surface area contributed by atoms with Gasteiger partial charge in [-0.1, -0.05) is 345 Å². The van der Waals surface area contributed by atoms with Gasteiger partial charge in [0.15, 0.2) is 0 Å². The Morgan fingerprint density at radius 3 is 1.01 bits per heavy atom. The average molecular weight is 2050 g/mol. The Bertz CT molecular complexity index is 7410. The topological polar surface area (TPSA) is 201 Å². The molecule has 8 aromatic heterocycles. The van der Waals surface area contributed by atoms with Crippen molar-refractivity contribution in [2.45, 2.75) is 131 Å². The van der Waals surface area contributed by atoms with E-state index in [1.807, 2.05) is 220 Å². The fourth-order valence-corrected chi connectivity index (χ4v) is 26.6. The second-order valence-corrected chi connectivity index (χ2v) is 44.9. The minimum Gasteiger partial charge on any atom is -0.507 e. The van der Waals surface area contributed by atoms with Gasteiger partial charge in [-0.15, -0.1) is 78.0 Å². The molecule has 0 saturated carbocycles. The number of pyridine rings is 8. The van der Waals surface area contributed by atoms with Gasteiger partial charge in [0.25, 0.3) is 0 Å². The number of hydrogen-bond donors (Lipinski definition) is 4. The van der Waals surface area contributed by atoms with E-state index in [0.29, 0.717) is 45.6 Å². The van der Waals surface area contributed by atoms with Crippen molar-refractivity contribution in [2.75, 3.05) is 6.16 Å². The summed E-state index contributed by atoms with van der Waals surface area (Å²) in [5.41, 5.74) is 28.3. The van der Waals surface area contributed by atoms with Gasteiger partial charge in [0, 0.05) is 170 Å². The van der Waals surface area contributed by atoms with E-state index in [2.05, 4.69) is 211 Å². The Morgan fingerprint density at radius 1 is 0.279 bits per heavy atom. The molecular formula is C121H109N8Ni4O5PSi-4. The van der Waals surface area contributed by atoms with Crippen molar-refractivity contribution < 1.29 is 91.0 Å². The van der Waals surface area contributed by atoms with Crippen molar-refractivity contribution >= 4 is 36.2 Å². The second kappa shape index (κ2) is 45.1. The van der Waals surface area contributed by atoms with Gasteiger partial charge in [0.2, 0.25) is 0 Å². The predicted octanol–water partition coefficient (Wildman–Crippen LogP) is 27.9. The van der Waals surface area contributed by atoms with Crippen LogP contribution in [0.25, 0.3) is 157 Å². The minimum atomic E-state index is -2.76. The average Bonchev–Trinajstić information content (AvgIpc) is 1.56. The van der Waals surface area contributed by atoms with Crippen molar-refractivity contribution in [3.63, 3.8) is 0 Å². The van der Waals surface area contributed by atoms with Crippen LogP contribution in [0, 0.1) is 24.3 Å². The number of rotatable bonds is 18. The number of hydrogen-bond acceptors (Lipinski definition) is 13. The van der Waals surface area contributed by atoms with Crippen LogP contribution in [0.15, 0.2) is 346 Å². The number of fused-ring (bicyclic) bond motifs is 6. The molecule has 2 aliphatic heterocycles. The first kappa shape index (κ1) is 104. The van der Waals surface area contributed by atoms with Crippen LogP contribution in [0.2, 0.25) is 12.1 Å². The van der Waals surface area contributed by atoms with Gasteiger partial charge >= 0.3 is 0 Å². The molecule has 0 amide bonds. The third kappa shape index (κ3) is 22.7. The molecule has 19 heteroatoms. The Hall–Kier alpha value is -13.0. The first-order valence-electron chi connectivity index (χ1n) is 46.6. The van der Waals surface area contributed by atoms with Crippen LogP contribution in [-0.4, -0.2) is 74.5 Å². The summed E-state index contributed by atoms with van der Waals surface area (Å²) in [5.74, 6) is 0.854. The van der Waals surface area contributed by atoms with Gasteiger partial charge in [-0.25, -0.2) is 0 Å². The number of aromatic nitrogens is 8. The van der Waals surface area contributed by atoms with Gasteiger partial charge < -0.3 is 25.0 Å². The fourth-order valence-electron chi connectivity index (χ4n) is 18.1. The van der Waals surface area contributed by atoms with Crippen molar-refractivity contribution in [1.29, 1.82) is 0 Å². The van der Waals surface area contributed by atoms with E-state index in [1.54, 1.807) is 42.7 Å². The summed E-state index contributed by atoms with van der Waals surface area (Å²) >= 11 is 0. The minimum absolute atomic E-state index is 0. The Balaban J connectivity index is 0.000000156. The van der Waals surface area contributed by atoms with Gasteiger partial charge in [-0.05, 0) is 153 Å². The number of nitrogens with zero attached hydrogens (tertiary/aromatic N) is 8. The van der Waals surface area contributed by atoms with Crippen molar-refractivity contribution in [3.05, 3.63) is 387 Å². The molecular weight excluding hydrogens is 1940 g/mol. The van der Waals surface area contributed by atoms with Crippen LogP contribution < -0.4 is 21.0 Å². The largest absolute Gasteiger partial charge is 0.507 e. The maximum atomic E-state index is 14.1. The molecule has 0 bridgehead atoms. The van der Waals surface area contributed by atoms with Crippen LogP contribution in [-0.2, 0) is 86.8 Å². The van der Waals surface area contributed by atoms with Crippen LogP contribution in [0.1, 0.15) is 119 Å². The van der Waals surface area contributed by atoms with Gasteiger partial charge in [0.05, 0.1) is 30.8 Å². The quantitative estimate of drug-likeness (QED) is 0.0359. The van der Waals surface area contributed by atoms with Gasteiger partial charge in [0.1, 0.15) is 30.1 Å². The zero-order valence-electron chi connectivity index (χ0n) is 80.1. The predicted molar refractivity (Wildman–Crippen MR) is 560 cm³/mol. The summed E-state index contributed by atoms with van der Waals surface area (Å²) in [7, 11) is -4.67. The van der Waals surface area contributed by atoms with E-state index in [1.165, 1.54) is 39.2 Å². The summed E-state index contributed by atoms with van der Waals surface area (Å²) in [6.07, 6.45) is 10.9. The molecule has 0 radical (unpaired) electrons. The van der Waals surface area contributed by atoms with Crippen LogP contribution in [0.5, 0.6) is 23.0 Å².